The lowest BCUT2D eigenvalue weighted by atomic mass is 10.0. The third-order valence-electron chi connectivity index (χ3n) is 4.67. The molecule has 1 aromatic heterocycles. The number of rotatable bonds is 5. The molecule has 3 aromatic rings. The molecule has 3 rings (SSSR count). The van der Waals surface area contributed by atoms with Crippen molar-refractivity contribution in [2.75, 3.05) is 6.54 Å². The van der Waals surface area contributed by atoms with E-state index in [0.717, 1.165) is 22.6 Å². The van der Waals surface area contributed by atoms with Crippen LogP contribution in [0.2, 0.25) is 0 Å². The van der Waals surface area contributed by atoms with Crippen LogP contribution in [0.1, 0.15) is 39.7 Å². The second-order valence-corrected chi connectivity index (χ2v) is 6.67. The van der Waals surface area contributed by atoms with Crippen molar-refractivity contribution in [3.63, 3.8) is 0 Å². The van der Waals surface area contributed by atoms with Gasteiger partial charge in [0.25, 0.3) is 5.91 Å². The second-order valence-electron chi connectivity index (χ2n) is 6.67. The van der Waals surface area contributed by atoms with Crippen molar-refractivity contribution in [1.29, 1.82) is 0 Å². The molecule has 0 spiro atoms. The summed E-state index contributed by atoms with van der Waals surface area (Å²) in [4.78, 5) is 14.5. The van der Waals surface area contributed by atoms with Gasteiger partial charge in [0.15, 0.2) is 5.76 Å². The fraction of sp³-hybridized carbons (Fsp3) is 0.273. The zero-order valence-corrected chi connectivity index (χ0v) is 15.7. The summed E-state index contributed by atoms with van der Waals surface area (Å²) in [6, 6.07) is 15.7. The van der Waals surface area contributed by atoms with Crippen molar-refractivity contribution in [1.82, 2.24) is 10.1 Å². The summed E-state index contributed by atoms with van der Waals surface area (Å²) in [5.41, 5.74) is 6.04. The minimum atomic E-state index is 0.00299. The molecule has 0 saturated heterocycles. The van der Waals surface area contributed by atoms with Gasteiger partial charge in [-0.1, -0.05) is 35.0 Å². The molecule has 0 saturated carbocycles. The predicted octanol–water partition coefficient (Wildman–Crippen LogP) is 4.93. The van der Waals surface area contributed by atoms with Gasteiger partial charge in [-0.2, -0.15) is 0 Å². The summed E-state index contributed by atoms with van der Waals surface area (Å²) >= 11 is 0. The summed E-state index contributed by atoms with van der Waals surface area (Å²) in [5, 5.41) is 4.15. The first-order valence-electron chi connectivity index (χ1n) is 8.87. The van der Waals surface area contributed by atoms with Gasteiger partial charge in [-0.25, -0.2) is 0 Å². The Morgan fingerprint density at radius 3 is 2.38 bits per heavy atom. The molecule has 0 aliphatic heterocycles. The SMILES string of the molecule is CCN(Cc1cc(-c2ccc(C)c(C)c2)on1)C(=O)c1ccc(C)cc1. The van der Waals surface area contributed by atoms with Crippen molar-refractivity contribution in [2.45, 2.75) is 34.2 Å². The third kappa shape index (κ3) is 3.85. The van der Waals surface area contributed by atoms with E-state index in [2.05, 4.69) is 31.1 Å². The quantitative estimate of drug-likeness (QED) is 0.657. The Bertz CT molecular complexity index is 910. The lowest BCUT2D eigenvalue weighted by Gasteiger charge is -2.19. The van der Waals surface area contributed by atoms with Crippen LogP contribution in [-0.2, 0) is 6.54 Å². The van der Waals surface area contributed by atoms with E-state index in [4.69, 9.17) is 4.52 Å². The molecule has 4 nitrogen and oxygen atoms in total. The number of aromatic nitrogens is 1. The zero-order valence-electron chi connectivity index (χ0n) is 15.7. The monoisotopic (exact) mass is 348 g/mol. The Balaban J connectivity index is 1.77. The molecular formula is C22H24N2O2. The Labute approximate surface area is 154 Å². The average molecular weight is 348 g/mol. The number of hydrogen-bond acceptors (Lipinski definition) is 3. The topological polar surface area (TPSA) is 46.3 Å². The lowest BCUT2D eigenvalue weighted by Crippen LogP contribution is -2.30. The molecular weight excluding hydrogens is 324 g/mol. The smallest absolute Gasteiger partial charge is 0.254 e. The van der Waals surface area contributed by atoms with E-state index < -0.39 is 0 Å². The van der Waals surface area contributed by atoms with Gasteiger partial charge in [0.1, 0.15) is 5.69 Å². The number of carbonyl (C=O) groups is 1. The van der Waals surface area contributed by atoms with Crippen molar-refractivity contribution in [3.05, 3.63) is 76.5 Å². The lowest BCUT2D eigenvalue weighted by molar-refractivity contribution is 0.0749. The minimum Gasteiger partial charge on any atom is -0.356 e. The molecule has 0 atom stereocenters. The summed E-state index contributed by atoms with van der Waals surface area (Å²) < 4.78 is 5.50. The molecule has 0 bridgehead atoms. The van der Waals surface area contributed by atoms with Crippen LogP contribution >= 0.6 is 0 Å². The molecule has 0 aliphatic carbocycles. The van der Waals surface area contributed by atoms with Gasteiger partial charge >= 0.3 is 0 Å². The Kier molecular flexibility index (Phi) is 5.21. The highest BCUT2D eigenvalue weighted by Crippen LogP contribution is 2.23. The molecule has 134 valence electrons. The fourth-order valence-electron chi connectivity index (χ4n) is 2.82. The van der Waals surface area contributed by atoms with Crippen molar-refractivity contribution in [2.24, 2.45) is 0 Å². The number of benzene rings is 2. The maximum atomic E-state index is 12.7. The van der Waals surface area contributed by atoms with Crippen LogP contribution in [0.25, 0.3) is 11.3 Å². The minimum absolute atomic E-state index is 0.00299. The van der Waals surface area contributed by atoms with Crippen LogP contribution in [0, 0.1) is 20.8 Å². The largest absolute Gasteiger partial charge is 0.356 e. The van der Waals surface area contributed by atoms with Crippen LogP contribution in [0.5, 0.6) is 0 Å². The van der Waals surface area contributed by atoms with Crippen LogP contribution in [0.15, 0.2) is 53.1 Å². The molecule has 1 amide bonds. The molecule has 26 heavy (non-hydrogen) atoms. The van der Waals surface area contributed by atoms with Crippen LogP contribution in [-0.4, -0.2) is 22.5 Å². The molecule has 0 fully saturated rings. The molecule has 0 unspecified atom stereocenters. The number of amides is 1. The molecule has 0 N–H and O–H groups in total. The van der Waals surface area contributed by atoms with E-state index in [1.807, 2.05) is 50.2 Å². The highest BCUT2D eigenvalue weighted by molar-refractivity contribution is 5.94. The van der Waals surface area contributed by atoms with Crippen molar-refractivity contribution >= 4 is 5.91 Å². The summed E-state index contributed by atoms with van der Waals surface area (Å²) in [6.45, 7) is 9.18. The average Bonchev–Trinajstić information content (AvgIpc) is 3.10. The van der Waals surface area contributed by atoms with Gasteiger partial charge in [-0.15, -0.1) is 0 Å². The van der Waals surface area contributed by atoms with E-state index in [0.29, 0.717) is 18.7 Å². The van der Waals surface area contributed by atoms with Gasteiger partial charge in [-0.3, -0.25) is 4.79 Å². The van der Waals surface area contributed by atoms with Gasteiger partial charge in [0, 0.05) is 23.7 Å². The molecule has 4 heteroatoms. The standard InChI is InChI=1S/C22H24N2O2/c1-5-24(22(25)18-9-6-15(2)7-10-18)14-20-13-21(26-23-20)19-11-8-16(3)17(4)12-19/h6-13H,5,14H2,1-4H3. The fourth-order valence-corrected chi connectivity index (χ4v) is 2.82. The van der Waals surface area contributed by atoms with Crippen molar-refractivity contribution in [3.8, 4) is 11.3 Å². The third-order valence-corrected chi connectivity index (χ3v) is 4.67. The Morgan fingerprint density at radius 1 is 1.00 bits per heavy atom. The van der Waals surface area contributed by atoms with E-state index in [1.165, 1.54) is 11.1 Å². The summed E-state index contributed by atoms with van der Waals surface area (Å²) in [5.74, 6) is 0.727. The Morgan fingerprint density at radius 2 is 1.73 bits per heavy atom. The first-order valence-corrected chi connectivity index (χ1v) is 8.87. The van der Waals surface area contributed by atoms with Gasteiger partial charge in [-0.05, 0) is 57.0 Å². The van der Waals surface area contributed by atoms with Gasteiger partial charge in [0.05, 0.1) is 6.54 Å². The molecule has 0 radical (unpaired) electrons. The maximum absolute atomic E-state index is 12.7. The van der Waals surface area contributed by atoms with Crippen LogP contribution in [0.3, 0.4) is 0 Å². The zero-order chi connectivity index (χ0) is 18.7. The summed E-state index contributed by atoms with van der Waals surface area (Å²) in [7, 11) is 0. The first-order chi connectivity index (χ1) is 12.5. The highest BCUT2D eigenvalue weighted by Gasteiger charge is 2.17. The van der Waals surface area contributed by atoms with Gasteiger partial charge in [0.2, 0.25) is 0 Å². The number of nitrogens with zero attached hydrogens (tertiary/aromatic N) is 2. The van der Waals surface area contributed by atoms with E-state index in [-0.39, 0.29) is 5.91 Å². The molecule has 0 aliphatic rings. The van der Waals surface area contributed by atoms with Crippen molar-refractivity contribution < 1.29 is 9.32 Å². The van der Waals surface area contributed by atoms with Gasteiger partial charge < -0.3 is 9.42 Å². The number of hydrogen-bond donors (Lipinski definition) is 0. The molecule has 1 heterocycles. The first kappa shape index (κ1) is 17.9. The number of carbonyl (C=O) groups excluding carboxylic acids is 1. The van der Waals surface area contributed by atoms with E-state index in [9.17, 15) is 4.79 Å². The van der Waals surface area contributed by atoms with E-state index in [1.54, 1.807) is 4.90 Å². The normalized spacial score (nSPS) is 10.8. The second kappa shape index (κ2) is 7.56. The maximum Gasteiger partial charge on any atom is 0.254 e. The molecule has 2 aromatic carbocycles. The Hall–Kier alpha value is -2.88. The van der Waals surface area contributed by atoms with E-state index >= 15 is 0 Å². The number of aryl methyl sites for hydroxylation is 3. The van der Waals surface area contributed by atoms with Crippen LogP contribution < -0.4 is 0 Å². The van der Waals surface area contributed by atoms with Crippen LogP contribution in [0.4, 0.5) is 0 Å². The summed E-state index contributed by atoms with van der Waals surface area (Å²) in [6.07, 6.45) is 0. The highest BCUT2D eigenvalue weighted by atomic mass is 16.5. The predicted molar refractivity (Wildman–Crippen MR) is 103 cm³/mol.